The van der Waals surface area contributed by atoms with E-state index in [1.54, 1.807) is 20.8 Å². The summed E-state index contributed by atoms with van der Waals surface area (Å²) in [6.45, 7) is 13.1. The third-order valence-electron chi connectivity index (χ3n) is 6.15. The van der Waals surface area contributed by atoms with E-state index in [0.29, 0.717) is 26.7 Å². The zero-order valence-corrected chi connectivity index (χ0v) is 23.8. The summed E-state index contributed by atoms with van der Waals surface area (Å²) in [6.07, 6.45) is 0.770. The fraction of sp³-hybridized carbons (Fsp3) is 0.400. The molecule has 0 saturated heterocycles. The normalized spacial score (nSPS) is 11.9. The first-order valence-corrected chi connectivity index (χ1v) is 13.4. The molecule has 8 heteroatoms. The Balaban J connectivity index is 1.83. The molecule has 1 aromatic heterocycles. The van der Waals surface area contributed by atoms with Gasteiger partial charge in [0.2, 0.25) is 0 Å². The smallest absolute Gasteiger partial charge is 0.158 e. The van der Waals surface area contributed by atoms with Crippen molar-refractivity contribution in [1.82, 2.24) is 0 Å². The minimum absolute atomic E-state index is 0.268. The fourth-order valence-corrected chi connectivity index (χ4v) is 4.68. The molecular weight excluding hydrogens is 494 g/mol. The third-order valence-corrected chi connectivity index (χ3v) is 7.23. The van der Waals surface area contributed by atoms with Crippen LogP contribution in [0.3, 0.4) is 0 Å². The Hall–Kier alpha value is -3.56. The van der Waals surface area contributed by atoms with E-state index in [0.717, 1.165) is 30.8 Å². The van der Waals surface area contributed by atoms with Gasteiger partial charge in [-0.05, 0) is 82.9 Å². The van der Waals surface area contributed by atoms with Gasteiger partial charge in [-0.15, -0.1) is 21.6 Å². The minimum atomic E-state index is -0.880. The van der Waals surface area contributed by atoms with E-state index >= 15 is 0 Å². The van der Waals surface area contributed by atoms with Crippen molar-refractivity contribution in [2.24, 2.45) is 10.2 Å². The lowest BCUT2D eigenvalue weighted by atomic mass is 10.0. The number of ether oxygens (including phenoxy) is 1. The summed E-state index contributed by atoms with van der Waals surface area (Å²) < 4.78 is 6.04. The molecule has 0 spiro atoms. The molecule has 0 atom stereocenters. The lowest BCUT2D eigenvalue weighted by Gasteiger charge is -2.33. The summed E-state index contributed by atoms with van der Waals surface area (Å²) in [7, 11) is 0. The first kappa shape index (κ1) is 29.0. The van der Waals surface area contributed by atoms with Crippen molar-refractivity contribution in [3.8, 4) is 12.1 Å². The largest absolute Gasteiger partial charge is 0.388 e. The molecule has 1 heterocycles. The van der Waals surface area contributed by atoms with Crippen LogP contribution < -0.4 is 4.90 Å². The van der Waals surface area contributed by atoms with Gasteiger partial charge >= 0.3 is 0 Å². The Bertz CT molecular complexity index is 1360. The van der Waals surface area contributed by atoms with E-state index < -0.39 is 11.2 Å². The molecule has 0 unspecified atom stereocenters. The van der Waals surface area contributed by atoms with Crippen molar-refractivity contribution in [1.29, 1.82) is 10.5 Å². The van der Waals surface area contributed by atoms with Crippen LogP contribution in [0, 0.1) is 36.5 Å². The number of hydrogen-bond donors (Lipinski definition) is 1. The van der Waals surface area contributed by atoms with Gasteiger partial charge in [0.05, 0.1) is 29.1 Å². The number of aliphatic hydroxyl groups is 1. The van der Waals surface area contributed by atoms with E-state index in [2.05, 4.69) is 45.5 Å². The van der Waals surface area contributed by atoms with Crippen LogP contribution in [0.4, 0.5) is 16.4 Å². The standard InChI is InChI=1S/C30H35N5O2S/c1-21-16-24(12-13-26(21)33-34-28-25(17-31)22(2)27(18-32)38-28)35(19-23-10-8-7-9-11-23)15-14-30(5,6)37-20-29(3,4)36/h7-13,16,36H,14-15,19-20H2,1-6H3. The zero-order valence-electron chi connectivity index (χ0n) is 22.9. The topological polar surface area (TPSA) is 105 Å². The zero-order chi connectivity index (χ0) is 27.9. The summed E-state index contributed by atoms with van der Waals surface area (Å²) >= 11 is 1.18. The highest BCUT2D eigenvalue weighted by Crippen LogP contribution is 2.36. The first-order valence-electron chi connectivity index (χ1n) is 12.5. The fourth-order valence-electron chi connectivity index (χ4n) is 3.81. The van der Waals surface area contributed by atoms with E-state index in [1.807, 2.05) is 51.1 Å². The molecule has 2 aromatic carbocycles. The van der Waals surface area contributed by atoms with Crippen LogP contribution in [-0.4, -0.2) is 29.5 Å². The van der Waals surface area contributed by atoms with Crippen molar-refractivity contribution < 1.29 is 9.84 Å². The Labute approximate surface area is 229 Å². The predicted octanol–water partition coefficient (Wildman–Crippen LogP) is 7.49. The average Bonchev–Trinajstić information content (AvgIpc) is 3.19. The number of nitrogens with zero attached hydrogens (tertiary/aromatic N) is 5. The van der Waals surface area contributed by atoms with E-state index in [4.69, 9.17) is 4.74 Å². The number of azo groups is 1. The molecule has 3 aromatic rings. The summed E-state index contributed by atoms with van der Waals surface area (Å²) in [5.74, 6) is 0. The maximum atomic E-state index is 10.1. The number of nitriles is 2. The second-order valence-electron chi connectivity index (χ2n) is 10.6. The molecule has 3 rings (SSSR count). The number of benzene rings is 2. The molecule has 1 N–H and O–H groups in total. The lowest BCUT2D eigenvalue weighted by Crippen LogP contribution is -2.37. The number of anilines is 1. The van der Waals surface area contributed by atoms with Crippen LogP contribution in [0.2, 0.25) is 0 Å². The SMILES string of the molecule is Cc1cc(N(CCC(C)(C)OCC(C)(C)O)Cc2ccccc2)ccc1N=Nc1sc(C#N)c(C)c1C#N. The molecule has 0 amide bonds. The highest BCUT2D eigenvalue weighted by atomic mass is 32.1. The molecule has 38 heavy (non-hydrogen) atoms. The molecule has 7 nitrogen and oxygen atoms in total. The highest BCUT2D eigenvalue weighted by Gasteiger charge is 2.24. The summed E-state index contributed by atoms with van der Waals surface area (Å²) in [4.78, 5) is 2.79. The second-order valence-corrected chi connectivity index (χ2v) is 11.6. The number of hydrogen-bond acceptors (Lipinski definition) is 8. The van der Waals surface area contributed by atoms with E-state index in [-0.39, 0.29) is 6.61 Å². The molecule has 198 valence electrons. The summed E-state index contributed by atoms with van der Waals surface area (Å²) in [6, 6.07) is 20.6. The highest BCUT2D eigenvalue weighted by molar-refractivity contribution is 7.16. The van der Waals surface area contributed by atoms with Gasteiger partial charge < -0.3 is 14.7 Å². The van der Waals surface area contributed by atoms with Crippen LogP contribution in [0.25, 0.3) is 0 Å². The summed E-state index contributed by atoms with van der Waals surface area (Å²) in [5, 5.41) is 38.0. The van der Waals surface area contributed by atoms with Gasteiger partial charge in [0.1, 0.15) is 17.0 Å². The van der Waals surface area contributed by atoms with Crippen LogP contribution in [-0.2, 0) is 11.3 Å². The molecule has 0 aliphatic heterocycles. The van der Waals surface area contributed by atoms with Gasteiger partial charge in [0, 0.05) is 18.8 Å². The van der Waals surface area contributed by atoms with Gasteiger partial charge in [-0.3, -0.25) is 0 Å². The quantitative estimate of drug-likeness (QED) is 0.259. The van der Waals surface area contributed by atoms with Gasteiger partial charge in [-0.1, -0.05) is 30.3 Å². The van der Waals surface area contributed by atoms with Crippen LogP contribution >= 0.6 is 11.3 Å². The Kier molecular flexibility index (Phi) is 9.40. The average molecular weight is 530 g/mol. The Morgan fingerprint density at radius 3 is 2.32 bits per heavy atom. The molecule has 0 aliphatic carbocycles. The van der Waals surface area contributed by atoms with Crippen LogP contribution in [0.5, 0.6) is 0 Å². The maximum absolute atomic E-state index is 10.1. The van der Waals surface area contributed by atoms with Gasteiger partial charge in [0.25, 0.3) is 0 Å². The molecule has 0 radical (unpaired) electrons. The first-order chi connectivity index (χ1) is 17.9. The number of aryl methyl sites for hydroxylation is 1. The Morgan fingerprint density at radius 1 is 1.00 bits per heavy atom. The van der Waals surface area contributed by atoms with Crippen molar-refractivity contribution in [3.05, 3.63) is 75.7 Å². The van der Waals surface area contributed by atoms with Crippen molar-refractivity contribution in [2.75, 3.05) is 18.1 Å². The monoisotopic (exact) mass is 529 g/mol. The molecule has 0 fully saturated rings. The predicted molar refractivity (Wildman–Crippen MR) is 152 cm³/mol. The minimum Gasteiger partial charge on any atom is -0.388 e. The Morgan fingerprint density at radius 2 is 1.71 bits per heavy atom. The van der Waals surface area contributed by atoms with Crippen LogP contribution in [0.1, 0.15) is 61.2 Å². The van der Waals surface area contributed by atoms with E-state index in [9.17, 15) is 15.6 Å². The summed E-state index contributed by atoms with van der Waals surface area (Å²) in [5.41, 5.74) is 3.67. The number of thiophene rings is 1. The second kappa shape index (κ2) is 12.3. The molecule has 0 aliphatic rings. The maximum Gasteiger partial charge on any atom is 0.158 e. The van der Waals surface area contributed by atoms with Crippen molar-refractivity contribution in [2.45, 2.75) is 65.7 Å². The van der Waals surface area contributed by atoms with Crippen LogP contribution in [0.15, 0.2) is 58.8 Å². The van der Waals surface area contributed by atoms with Gasteiger partial charge in [-0.2, -0.15) is 10.5 Å². The molecular formula is C30H35N5O2S. The lowest BCUT2D eigenvalue weighted by molar-refractivity contribution is -0.0930. The van der Waals surface area contributed by atoms with E-state index in [1.165, 1.54) is 16.9 Å². The van der Waals surface area contributed by atoms with Gasteiger partial charge in [-0.25, -0.2) is 0 Å². The molecule has 0 saturated carbocycles. The number of rotatable bonds is 11. The van der Waals surface area contributed by atoms with Crippen molar-refractivity contribution >= 4 is 27.7 Å². The third kappa shape index (κ3) is 7.97. The van der Waals surface area contributed by atoms with Gasteiger partial charge in [0.15, 0.2) is 5.00 Å². The van der Waals surface area contributed by atoms with Crippen molar-refractivity contribution in [3.63, 3.8) is 0 Å². The molecule has 0 bridgehead atoms.